The van der Waals surface area contributed by atoms with E-state index in [1.807, 2.05) is 36.4 Å². The lowest BCUT2D eigenvalue weighted by molar-refractivity contribution is 0.200. The average molecular weight is 321 g/mol. The molecule has 0 aliphatic rings. The summed E-state index contributed by atoms with van der Waals surface area (Å²) in [5, 5.41) is 3.66. The summed E-state index contributed by atoms with van der Waals surface area (Å²) in [5.41, 5.74) is 0.889. The van der Waals surface area contributed by atoms with Crippen molar-refractivity contribution < 1.29 is 9.21 Å². The van der Waals surface area contributed by atoms with Gasteiger partial charge in [0.05, 0.1) is 12.8 Å². The van der Waals surface area contributed by atoms with Gasteiger partial charge in [0.25, 0.3) is 0 Å². The molecule has 2 rings (SSSR count). The topological polar surface area (TPSA) is 45.5 Å². The molecule has 0 aliphatic carbocycles. The van der Waals surface area contributed by atoms with E-state index in [1.54, 1.807) is 18.2 Å². The van der Waals surface area contributed by atoms with Crippen LogP contribution in [0.15, 0.2) is 47.1 Å². The predicted octanol–water partition coefficient (Wildman–Crippen LogP) is 4.05. The maximum atomic E-state index is 12.2. The number of hydrogen-bond acceptors (Lipinski definition) is 2. The Kier molecular flexibility index (Phi) is 5.14. The molecule has 22 heavy (non-hydrogen) atoms. The van der Waals surface area contributed by atoms with E-state index in [4.69, 9.17) is 16.0 Å². The molecule has 2 aromatic rings. The smallest absolute Gasteiger partial charge is 0.317 e. The van der Waals surface area contributed by atoms with Gasteiger partial charge in [0.15, 0.2) is 0 Å². The van der Waals surface area contributed by atoms with E-state index in [-0.39, 0.29) is 11.4 Å². The highest BCUT2D eigenvalue weighted by Gasteiger charge is 2.22. The number of amides is 2. The molecule has 0 fully saturated rings. The van der Waals surface area contributed by atoms with Gasteiger partial charge in [-0.25, -0.2) is 4.79 Å². The fourth-order valence-electron chi connectivity index (χ4n) is 2.15. The van der Waals surface area contributed by atoms with Crippen LogP contribution in [0.4, 0.5) is 4.79 Å². The first-order chi connectivity index (χ1) is 10.4. The normalized spacial score (nSPS) is 11.3. The van der Waals surface area contributed by atoms with Crippen molar-refractivity contribution in [3.63, 3.8) is 0 Å². The molecule has 5 heteroatoms. The Balaban J connectivity index is 1.92. The zero-order valence-corrected chi connectivity index (χ0v) is 13.9. The van der Waals surface area contributed by atoms with Crippen molar-refractivity contribution in [2.75, 3.05) is 13.6 Å². The molecular weight excluding hydrogens is 300 g/mol. The Morgan fingerprint density at radius 3 is 2.73 bits per heavy atom. The van der Waals surface area contributed by atoms with Crippen LogP contribution in [0, 0.1) is 0 Å². The molecule has 118 valence electrons. The van der Waals surface area contributed by atoms with E-state index < -0.39 is 0 Å². The molecule has 0 unspecified atom stereocenters. The van der Waals surface area contributed by atoms with Gasteiger partial charge >= 0.3 is 6.03 Å². The molecule has 0 saturated carbocycles. The lowest BCUT2D eigenvalue weighted by atomic mass is 9.84. The van der Waals surface area contributed by atoms with E-state index in [0.29, 0.717) is 18.1 Å². The lowest BCUT2D eigenvalue weighted by Crippen LogP contribution is -2.42. The highest BCUT2D eigenvalue weighted by atomic mass is 35.5. The van der Waals surface area contributed by atoms with Gasteiger partial charge in [-0.15, -0.1) is 0 Å². The van der Waals surface area contributed by atoms with Crippen molar-refractivity contribution in [3.8, 4) is 0 Å². The summed E-state index contributed by atoms with van der Waals surface area (Å²) in [6.45, 7) is 5.11. The van der Waals surface area contributed by atoms with Crippen molar-refractivity contribution >= 4 is 17.6 Å². The molecule has 4 nitrogen and oxygen atoms in total. The molecule has 1 aromatic carbocycles. The monoisotopic (exact) mass is 320 g/mol. The fraction of sp³-hybridized carbons (Fsp3) is 0.353. The van der Waals surface area contributed by atoms with Gasteiger partial charge in [0.1, 0.15) is 5.76 Å². The molecular formula is C17H21ClN2O2. The summed E-state index contributed by atoms with van der Waals surface area (Å²) in [7, 11) is 1.74. The van der Waals surface area contributed by atoms with Crippen molar-refractivity contribution in [2.45, 2.75) is 25.8 Å². The molecule has 0 spiro atoms. The van der Waals surface area contributed by atoms with Crippen molar-refractivity contribution in [3.05, 3.63) is 59.0 Å². The highest BCUT2D eigenvalue weighted by Crippen LogP contribution is 2.24. The highest BCUT2D eigenvalue weighted by molar-refractivity contribution is 6.30. The maximum absolute atomic E-state index is 12.2. The number of urea groups is 1. The second kappa shape index (κ2) is 6.88. The van der Waals surface area contributed by atoms with E-state index in [0.717, 1.165) is 11.3 Å². The summed E-state index contributed by atoms with van der Waals surface area (Å²) in [6.07, 6.45) is 1.60. The Hall–Kier alpha value is -1.94. The van der Waals surface area contributed by atoms with E-state index in [9.17, 15) is 4.79 Å². The van der Waals surface area contributed by atoms with E-state index in [1.165, 1.54) is 0 Å². The fourth-order valence-corrected chi connectivity index (χ4v) is 2.34. The van der Waals surface area contributed by atoms with Gasteiger partial charge in [-0.3, -0.25) is 0 Å². The molecule has 0 bridgehead atoms. The van der Waals surface area contributed by atoms with Gasteiger partial charge in [-0.2, -0.15) is 0 Å². The Bertz CT molecular complexity index is 623. The summed E-state index contributed by atoms with van der Waals surface area (Å²) in [6, 6.07) is 11.2. The van der Waals surface area contributed by atoms with Crippen LogP contribution in [0.3, 0.4) is 0 Å². The van der Waals surface area contributed by atoms with Crippen molar-refractivity contribution in [1.29, 1.82) is 0 Å². The molecule has 0 atom stereocenters. The number of nitrogens with zero attached hydrogens (tertiary/aromatic N) is 1. The number of benzene rings is 1. The zero-order valence-electron chi connectivity index (χ0n) is 13.1. The van der Waals surface area contributed by atoms with Gasteiger partial charge in [0.2, 0.25) is 0 Å². The number of hydrogen-bond donors (Lipinski definition) is 1. The lowest BCUT2D eigenvalue weighted by Gasteiger charge is -2.27. The number of nitrogens with one attached hydrogen (secondary N) is 1. The first kappa shape index (κ1) is 16.4. The predicted molar refractivity (Wildman–Crippen MR) is 88.1 cm³/mol. The summed E-state index contributed by atoms with van der Waals surface area (Å²) < 4.78 is 5.25. The summed E-state index contributed by atoms with van der Waals surface area (Å²) >= 11 is 6.04. The van der Waals surface area contributed by atoms with Crippen molar-refractivity contribution in [1.82, 2.24) is 10.2 Å². The second-order valence-electron chi connectivity index (χ2n) is 5.99. The van der Waals surface area contributed by atoms with Crippen LogP contribution >= 0.6 is 11.6 Å². The summed E-state index contributed by atoms with van der Waals surface area (Å²) in [4.78, 5) is 13.8. The van der Waals surface area contributed by atoms with Gasteiger partial charge in [-0.1, -0.05) is 37.6 Å². The Morgan fingerprint density at radius 2 is 2.09 bits per heavy atom. The van der Waals surface area contributed by atoms with Crippen LogP contribution in [-0.4, -0.2) is 24.5 Å². The van der Waals surface area contributed by atoms with Crippen LogP contribution < -0.4 is 5.32 Å². The van der Waals surface area contributed by atoms with Crippen LogP contribution in [0.2, 0.25) is 5.02 Å². The second-order valence-corrected chi connectivity index (χ2v) is 6.42. The minimum Gasteiger partial charge on any atom is -0.467 e. The number of carbonyl (C=O) groups excluding carboxylic acids is 1. The minimum absolute atomic E-state index is 0.133. The van der Waals surface area contributed by atoms with E-state index in [2.05, 4.69) is 19.2 Å². The van der Waals surface area contributed by atoms with Crippen LogP contribution in [-0.2, 0) is 12.0 Å². The average Bonchev–Trinajstić information content (AvgIpc) is 2.97. The maximum Gasteiger partial charge on any atom is 0.317 e. The molecule has 0 radical (unpaired) electrons. The number of carbonyl (C=O) groups is 1. The standard InChI is InChI=1S/C17H21ClN2O2/c1-17(2,13-6-4-7-14(18)10-13)12-19-16(21)20(3)11-15-8-5-9-22-15/h4-10H,11-12H2,1-3H3,(H,19,21). The zero-order chi connectivity index (χ0) is 16.2. The van der Waals surface area contributed by atoms with Crippen molar-refractivity contribution in [2.24, 2.45) is 0 Å². The van der Waals surface area contributed by atoms with Gasteiger partial charge < -0.3 is 14.6 Å². The molecule has 1 N–H and O–H groups in total. The minimum atomic E-state index is -0.202. The first-order valence-electron chi connectivity index (χ1n) is 7.16. The van der Waals surface area contributed by atoms with Gasteiger partial charge in [-0.05, 0) is 29.8 Å². The molecule has 1 aromatic heterocycles. The Labute approximate surface area is 136 Å². The molecule has 0 aliphatic heterocycles. The third-order valence-electron chi connectivity index (χ3n) is 3.61. The number of rotatable bonds is 5. The quantitative estimate of drug-likeness (QED) is 0.903. The third-order valence-corrected chi connectivity index (χ3v) is 3.84. The third kappa shape index (κ3) is 4.28. The van der Waals surface area contributed by atoms with Crippen LogP contribution in [0.25, 0.3) is 0 Å². The molecule has 0 saturated heterocycles. The summed E-state index contributed by atoms with van der Waals surface area (Å²) in [5.74, 6) is 0.756. The molecule has 1 heterocycles. The number of furan rings is 1. The first-order valence-corrected chi connectivity index (χ1v) is 7.54. The molecule has 2 amide bonds. The Morgan fingerprint density at radius 1 is 1.32 bits per heavy atom. The van der Waals surface area contributed by atoms with Crippen LogP contribution in [0.5, 0.6) is 0 Å². The van der Waals surface area contributed by atoms with Crippen LogP contribution in [0.1, 0.15) is 25.2 Å². The van der Waals surface area contributed by atoms with Gasteiger partial charge in [0, 0.05) is 24.0 Å². The SMILES string of the molecule is CN(Cc1ccco1)C(=O)NCC(C)(C)c1cccc(Cl)c1. The largest absolute Gasteiger partial charge is 0.467 e. The van der Waals surface area contributed by atoms with E-state index >= 15 is 0 Å². The number of halogens is 1.